The van der Waals surface area contributed by atoms with Crippen LogP contribution in [0.2, 0.25) is 0 Å². The second-order valence-electron chi connectivity index (χ2n) is 17.4. The summed E-state index contributed by atoms with van der Waals surface area (Å²) in [4.78, 5) is 38.0. The number of carbonyl (C=O) groups excluding carboxylic acids is 3. The first-order valence-corrected chi connectivity index (χ1v) is 26.4. The molecule has 0 aromatic rings. The Labute approximate surface area is 389 Å². The number of unbranched alkanes of at least 4 members (excludes halogenated alkanes) is 24. The SMILES string of the molecule is CC/C=C/C/C=C/C/C=C/C/C=C/C/C=C/CCCC(=O)OC[C@@H](COC(=O)CCCCCCCCCCCCCCC)OC(=O)CCCCCCCCC/C=C/CCCCCC. The summed E-state index contributed by atoms with van der Waals surface area (Å²) in [5, 5.41) is 0. The van der Waals surface area contributed by atoms with Crippen molar-refractivity contribution in [1.29, 1.82) is 0 Å². The highest BCUT2D eigenvalue weighted by molar-refractivity contribution is 5.71. The van der Waals surface area contributed by atoms with Crippen LogP contribution < -0.4 is 0 Å². The van der Waals surface area contributed by atoms with Gasteiger partial charge in [-0.3, -0.25) is 14.4 Å². The van der Waals surface area contributed by atoms with E-state index in [2.05, 4.69) is 93.7 Å². The Balaban J connectivity index is 4.47. The minimum absolute atomic E-state index is 0.0929. The Morgan fingerprint density at radius 1 is 0.333 bits per heavy atom. The zero-order valence-electron chi connectivity index (χ0n) is 41.3. The van der Waals surface area contributed by atoms with Gasteiger partial charge in [0.1, 0.15) is 13.2 Å². The molecule has 6 nitrogen and oxygen atoms in total. The van der Waals surface area contributed by atoms with Crippen molar-refractivity contribution in [2.45, 2.75) is 258 Å². The third kappa shape index (κ3) is 49.7. The first-order valence-electron chi connectivity index (χ1n) is 26.4. The molecular weight excluding hydrogens is 781 g/mol. The molecule has 0 amide bonds. The lowest BCUT2D eigenvalue weighted by Crippen LogP contribution is -2.30. The molecule has 362 valence electrons. The predicted octanol–water partition coefficient (Wildman–Crippen LogP) is 17.4. The maximum Gasteiger partial charge on any atom is 0.306 e. The van der Waals surface area contributed by atoms with Gasteiger partial charge in [0.2, 0.25) is 0 Å². The third-order valence-corrected chi connectivity index (χ3v) is 11.2. The lowest BCUT2D eigenvalue weighted by Gasteiger charge is -2.18. The summed E-state index contributed by atoms with van der Waals surface area (Å²) < 4.78 is 16.8. The van der Waals surface area contributed by atoms with E-state index < -0.39 is 6.10 Å². The number of allylic oxidation sites excluding steroid dienone is 12. The van der Waals surface area contributed by atoms with Crippen LogP contribution in [0.25, 0.3) is 0 Å². The standard InChI is InChI=1S/C57H98O6/c1-4-7-10-13-16-19-22-25-27-28-30-32-35-38-41-44-47-50-56(59)62-53-54(52-61-55(58)49-46-43-40-37-34-31-24-21-18-15-12-9-6-3)63-57(60)51-48-45-42-39-36-33-29-26-23-20-17-14-11-8-5-2/h7,10,16,19-20,23,25,27,30,32,38,41,54H,4-6,8-9,11-15,17-18,21-22,24,26,28-29,31,33-37,39-40,42-53H2,1-3H3/b10-7+,19-16+,23-20+,27-25+,32-30+,41-38+/t54-/m1/s1. The first kappa shape index (κ1) is 59.9. The normalized spacial score (nSPS) is 12.6. The highest BCUT2D eigenvalue weighted by Gasteiger charge is 2.19. The van der Waals surface area contributed by atoms with Crippen molar-refractivity contribution in [2.75, 3.05) is 13.2 Å². The molecule has 0 aliphatic heterocycles. The monoisotopic (exact) mass is 879 g/mol. The van der Waals surface area contributed by atoms with Crippen LogP contribution in [0.3, 0.4) is 0 Å². The van der Waals surface area contributed by atoms with Crippen LogP contribution >= 0.6 is 0 Å². The van der Waals surface area contributed by atoms with E-state index in [9.17, 15) is 14.4 Å². The zero-order chi connectivity index (χ0) is 45.8. The molecular formula is C57H98O6. The van der Waals surface area contributed by atoms with E-state index in [1.807, 2.05) is 0 Å². The van der Waals surface area contributed by atoms with Gasteiger partial charge >= 0.3 is 17.9 Å². The van der Waals surface area contributed by atoms with Gasteiger partial charge in [0.05, 0.1) is 0 Å². The lowest BCUT2D eigenvalue weighted by molar-refractivity contribution is -0.167. The number of esters is 3. The van der Waals surface area contributed by atoms with Crippen molar-refractivity contribution >= 4 is 17.9 Å². The maximum atomic E-state index is 12.8. The van der Waals surface area contributed by atoms with Gasteiger partial charge in [0.25, 0.3) is 0 Å². The maximum absolute atomic E-state index is 12.8. The fourth-order valence-electron chi connectivity index (χ4n) is 7.24. The minimum Gasteiger partial charge on any atom is -0.462 e. The summed E-state index contributed by atoms with van der Waals surface area (Å²) in [6.07, 6.45) is 64.6. The van der Waals surface area contributed by atoms with Crippen LogP contribution in [0.4, 0.5) is 0 Å². The number of ether oxygens (including phenoxy) is 3. The van der Waals surface area contributed by atoms with Crippen LogP contribution in [0, 0.1) is 0 Å². The van der Waals surface area contributed by atoms with Gasteiger partial charge < -0.3 is 14.2 Å². The van der Waals surface area contributed by atoms with Gasteiger partial charge in [-0.2, -0.15) is 0 Å². The van der Waals surface area contributed by atoms with Crippen LogP contribution in [0.1, 0.15) is 252 Å². The molecule has 0 aliphatic rings. The van der Waals surface area contributed by atoms with Crippen LogP contribution in [0.5, 0.6) is 0 Å². The van der Waals surface area contributed by atoms with E-state index in [1.165, 1.54) is 128 Å². The Bertz CT molecular complexity index is 1190. The summed E-state index contributed by atoms with van der Waals surface area (Å²) in [5.74, 6) is -0.954. The molecule has 1 atom stereocenters. The van der Waals surface area contributed by atoms with E-state index in [4.69, 9.17) is 14.2 Å². The van der Waals surface area contributed by atoms with Gasteiger partial charge in [-0.15, -0.1) is 0 Å². The molecule has 0 fully saturated rings. The van der Waals surface area contributed by atoms with E-state index in [1.54, 1.807) is 0 Å². The average Bonchev–Trinajstić information content (AvgIpc) is 3.28. The van der Waals surface area contributed by atoms with E-state index >= 15 is 0 Å². The molecule has 0 rings (SSSR count). The van der Waals surface area contributed by atoms with Crippen molar-refractivity contribution in [3.63, 3.8) is 0 Å². The molecule has 0 radical (unpaired) electrons. The smallest absolute Gasteiger partial charge is 0.306 e. The molecule has 0 N–H and O–H groups in total. The largest absolute Gasteiger partial charge is 0.462 e. The topological polar surface area (TPSA) is 78.9 Å². The van der Waals surface area contributed by atoms with Gasteiger partial charge in [0, 0.05) is 19.3 Å². The summed E-state index contributed by atoms with van der Waals surface area (Å²) in [6.45, 7) is 6.47. The van der Waals surface area contributed by atoms with Crippen LogP contribution in [0.15, 0.2) is 72.9 Å². The molecule has 0 aromatic carbocycles. The highest BCUT2D eigenvalue weighted by Crippen LogP contribution is 2.15. The van der Waals surface area contributed by atoms with Crippen LogP contribution in [-0.2, 0) is 28.6 Å². The summed E-state index contributed by atoms with van der Waals surface area (Å²) in [5.41, 5.74) is 0. The van der Waals surface area contributed by atoms with E-state index in [-0.39, 0.29) is 37.5 Å². The molecule has 0 saturated heterocycles. The molecule has 0 bridgehead atoms. The van der Waals surface area contributed by atoms with Crippen LogP contribution in [-0.4, -0.2) is 37.2 Å². The highest BCUT2D eigenvalue weighted by atomic mass is 16.6. The second kappa shape index (κ2) is 51.5. The molecule has 0 saturated carbocycles. The van der Waals surface area contributed by atoms with Crippen molar-refractivity contribution in [3.05, 3.63) is 72.9 Å². The van der Waals surface area contributed by atoms with Crippen molar-refractivity contribution < 1.29 is 28.6 Å². The first-order chi connectivity index (χ1) is 31.0. The fraction of sp³-hybridized carbons (Fsp3) is 0.737. The molecule has 0 spiro atoms. The number of carbonyl (C=O) groups is 3. The molecule has 6 heteroatoms. The van der Waals surface area contributed by atoms with Crippen molar-refractivity contribution in [3.8, 4) is 0 Å². The number of rotatable bonds is 47. The van der Waals surface area contributed by atoms with E-state index in [0.29, 0.717) is 19.3 Å². The quantitative estimate of drug-likeness (QED) is 0.0262. The van der Waals surface area contributed by atoms with Crippen molar-refractivity contribution in [1.82, 2.24) is 0 Å². The number of hydrogen-bond acceptors (Lipinski definition) is 6. The van der Waals surface area contributed by atoms with Gasteiger partial charge in [-0.05, 0) is 83.5 Å². The molecule has 63 heavy (non-hydrogen) atoms. The summed E-state index contributed by atoms with van der Waals surface area (Å²) in [7, 11) is 0. The minimum atomic E-state index is -0.798. The second-order valence-corrected chi connectivity index (χ2v) is 17.4. The molecule has 0 unspecified atom stereocenters. The summed E-state index contributed by atoms with van der Waals surface area (Å²) >= 11 is 0. The Kier molecular flexibility index (Phi) is 48.9. The van der Waals surface area contributed by atoms with Gasteiger partial charge in [0.15, 0.2) is 6.10 Å². The zero-order valence-corrected chi connectivity index (χ0v) is 41.3. The Morgan fingerprint density at radius 3 is 1.06 bits per heavy atom. The molecule has 0 aliphatic carbocycles. The van der Waals surface area contributed by atoms with Gasteiger partial charge in [-0.1, -0.05) is 222 Å². The predicted molar refractivity (Wildman–Crippen MR) is 270 cm³/mol. The van der Waals surface area contributed by atoms with Crippen molar-refractivity contribution in [2.24, 2.45) is 0 Å². The van der Waals surface area contributed by atoms with E-state index in [0.717, 1.165) is 77.0 Å². The average molecular weight is 879 g/mol. The molecule has 0 aromatic heterocycles. The Morgan fingerprint density at radius 2 is 0.635 bits per heavy atom. The molecule has 0 heterocycles. The lowest BCUT2D eigenvalue weighted by atomic mass is 10.0. The Hall–Kier alpha value is -3.15. The third-order valence-electron chi connectivity index (χ3n) is 11.2. The number of hydrogen-bond donors (Lipinski definition) is 0. The summed E-state index contributed by atoms with van der Waals surface area (Å²) in [6, 6.07) is 0. The fourth-order valence-corrected chi connectivity index (χ4v) is 7.24. The van der Waals surface area contributed by atoms with Gasteiger partial charge in [-0.25, -0.2) is 0 Å².